The molecule has 0 spiro atoms. The molecule has 0 bridgehead atoms. The molecule has 3 aromatic rings. The standard InChI is InChI=1S/C23H21NO4/c25-22(26)17-18-8-7-13-21(16-18)27-14-15-28-24-23(19-9-3-1-4-10-19)20-11-5-2-6-12-20/h1-13,16H,14-15,17H2,(H,25,26). The van der Waals surface area contributed by atoms with Crippen LogP contribution in [0, 0.1) is 0 Å². The summed E-state index contributed by atoms with van der Waals surface area (Å²) in [6, 6.07) is 26.7. The number of carboxylic acids is 1. The highest BCUT2D eigenvalue weighted by molar-refractivity contribution is 6.12. The smallest absolute Gasteiger partial charge is 0.307 e. The number of nitrogens with zero attached hydrogens (tertiary/aromatic N) is 1. The number of rotatable bonds is 9. The molecule has 0 unspecified atom stereocenters. The van der Waals surface area contributed by atoms with Gasteiger partial charge in [0, 0.05) is 11.1 Å². The van der Waals surface area contributed by atoms with E-state index >= 15 is 0 Å². The molecule has 0 aliphatic carbocycles. The van der Waals surface area contributed by atoms with Crippen molar-refractivity contribution in [2.45, 2.75) is 6.42 Å². The zero-order valence-corrected chi connectivity index (χ0v) is 15.3. The van der Waals surface area contributed by atoms with Crippen molar-refractivity contribution in [3.63, 3.8) is 0 Å². The minimum Gasteiger partial charge on any atom is -0.490 e. The molecule has 0 heterocycles. The molecule has 142 valence electrons. The number of ether oxygens (including phenoxy) is 1. The Morgan fingerprint density at radius 1 is 0.821 bits per heavy atom. The van der Waals surface area contributed by atoms with Gasteiger partial charge in [-0.05, 0) is 17.7 Å². The van der Waals surface area contributed by atoms with E-state index in [4.69, 9.17) is 14.7 Å². The fourth-order valence-electron chi connectivity index (χ4n) is 2.69. The van der Waals surface area contributed by atoms with Crippen molar-refractivity contribution >= 4 is 11.7 Å². The van der Waals surface area contributed by atoms with Gasteiger partial charge in [0.05, 0.1) is 6.42 Å². The van der Waals surface area contributed by atoms with Gasteiger partial charge in [-0.15, -0.1) is 0 Å². The summed E-state index contributed by atoms with van der Waals surface area (Å²) in [6.45, 7) is 0.573. The normalized spacial score (nSPS) is 10.1. The molecule has 5 heteroatoms. The number of carboxylic acid groups (broad SMARTS) is 1. The van der Waals surface area contributed by atoms with Crippen LogP contribution in [0.1, 0.15) is 16.7 Å². The van der Waals surface area contributed by atoms with Crippen LogP contribution in [-0.4, -0.2) is 30.0 Å². The van der Waals surface area contributed by atoms with Crippen molar-refractivity contribution in [1.29, 1.82) is 0 Å². The number of carbonyl (C=O) groups is 1. The third-order valence-corrected chi connectivity index (χ3v) is 3.95. The van der Waals surface area contributed by atoms with E-state index in [-0.39, 0.29) is 13.0 Å². The van der Waals surface area contributed by atoms with E-state index in [1.165, 1.54) is 0 Å². The molecule has 28 heavy (non-hydrogen) atoms. The fraction of sp³-hybridized carbons (Fsp3) is 0.130. The second kappa shape index (κ2) is 9.92. The summed E-state index contributed by atoms with van der Waals surface area (Å²) < 4.78 is 5.63. The van der Waals surface area contributed by atoms with Gasteiger partial charge in [0.1, 0.15) is 18.1 Å². The molecule has 0 radical (unpaired) electrons. The second-order valence-electron chi connectivity index (χ2n) is 6.07. The number of aliphatic carboxylic acids is 1. The topological polar surface area (TPSA) is 68.1 Å². The number of hydrogen-bond acceptors (Lipinski definition) is 4. The van der Waals surface area contributed by atoms with Gasteiger partial charge in [0.2, 0.25) is 0 Å². The van der Waals surface area contributed by atoms with Gasteiger partial charge in [-0.3, -0.25) is 4.79 Å². The summed E-state index contributed by atoms with van der Waals surface area (Å²) in [4.78, 5) is 16.3. The third-order valence-electron chi connectivity index (χ3n) is 3.95. The van der Waals surface area contributed by atoms with Crippen molar-refractivity contribution in [3.05, 3.63) is 102 Å². The number of benzene rings is 3. The minimum absolute atomic E-state index is 0.0322. The lowest BCUT2D eigenvalue weighted by molar-refractivity contribution is -0.136. The van der Waals surface area contributed by atoms with E-state index in [0.29, 0.717) is 17.9 Å². The minimum atomic E-state index is -0.871. The van der Waals surface area contributed by atoms with Crippen LogP contribution in [0.2, 0.25) is 0 Å². The Kier molecular flexibility index (Phi) is 6.79. The molecule has 5 nitrogen and oxygen atoms in total. The molecule has 0 saturated heterocycles. The van der Waals surface area contributed by atoms with Crippen LogP contribution in [0.25, 0.3) is 0 Å². The van der Waals surface area contributed by atoms with Crippen LogP contribution in [-0.2, 0) is 16.1 Å². The van der Waals surface area contributed by atoms with Crippen molar-refractivity contribution < 1.29 is 19.5 Å². The first kappa shape index (κ1) is 19.2. The summed E-state index contributed by atoms with van der Waals surface area (Å²) >= 11 is 0. The van der Waals surface area contributed by atoms with Crippen LogP contribution >= 0.6 is 0 Å². The van der Waals surface area contributed by atoms with Crippen molar-refractivity contribution in [3.8, 4) is 5.75 Å². The van der Waals surface area contributed by atoms with Gasteiger partial charge in [0.25, 0.3) is 0 Å². The van der Waals surface area contributed by atoms with Gasteiger partial charge >= 0.3 is 5.97 Å². The first-order valence-corrected chi connectivity index (χ1v) is 8.97. The van der Waals surface area contributed by atoms with Crippen molar-refractivity contribution in [1.82, 2.24) is 0 Å². The number of oxime groups is 1. The summed E-state index contributed by atoms with van der Waals surface area (Å²) in [6.07, 6.45) is -0.0322. The molecule has 0 atom stereocenters. The summed E-state index contributed by atoms with van der Waals surface area (Å²) in [5, 5.41) is 13.2. The monoisotopic (exact) mass is 375 g/mol. The maximum atomic E-state index is 10.8. The lowest BCUT2D eigenvalue weighted by atomic mass is 10.0. The molecular formula is C23H21NO4. The summed E-state index contributed by atoms with van der Waals surface area (Å²) in [5.41, 5.74) is 3.39. The van der Waals surface area contributed by atoms with E-state index < -0.39 is 5.97 Å². The highest BCUT2D eigenvalue weighted by Crippen LogP contribution is 2.14. The third kappa shape index (κ3) is 5.71. The molecule has 0 aliphatic heterocycles. The largest absolute Gasteiger partial charge is 0.490 e. The maximum absolute atomic E-state index is 10.8. The van der Waals surface area contributed by atoms with Crippen LogP contribution in [0.5, 0.6) is 5.75 Å². The van der Waals surface area contributed by atoms with Crippen LogP contribution in [0.4, 0.5) is 0 Å². The predicted molar refractivity (Wildman–Crippen MR) is 108 cm³/mol. The van der Waals surface area contributed by atoms with Gasteiger partial charge < -0.3 is 14.7 Å². The zero-order chi connectivity index (χ0) is 19.6. The van der Waals surface area contributed by atoms with Crippen molar-refractivity contribution in [2.24, 2.45) is 5.16 Å². The Morgan fingerprint density at radius 3 is 2.07 bits per heavy atom. The molecule has 0 aliphatic rings. The lowest BCUT2D eigenvalue weighted by Crippen LogP contribution is -2.08. The summed E-state index contributed by atoms with van der Waals surface area (Å²) in [5.74, 6) is -0.262. The predicted octanol–water partition coefficient (Wildman–Crippen LogP) is 4.16. The molecule has 1 N–H and O–H groups in total. The van der Waals surface area contributed by atoms with Gasteiger partial charge in [-0.25, -0.2) is 0 Å². The maximum Gasteiger partial charge on any atom is 0.307 e. The van der Waals surface area contributed by atoms with E-state index in [1.54, 1.807) is 24.3 Å². The average Bonchev–Trinajstić information content (AvgIpc) is 2.72. The van der Waals surface area contributed by atoms with Crippen LogP contribution in [0.15, 0.2) is 90.1 Å². The Labute approximate surface area is 163 Å². The Balaban J connectivity index is 1.60. The van der Waals surface area contributed by atoms with E-state index in [0.717, 1.165) is 16.8 Å². The van der Waals surface area contributed by atoms with Crippen LogP contribution < -0.4 is 4.74 Å². The molecule has 0 saturated carbocycles. The first-order chi connectivity index (χ1) is 13.7. The molecule has 0 aromatic heterocycles. The van der Waals surface area contributed by atoms with E-state index in [1.807, 2.05) is 60.7 Å². The highest BCUT2D eigenvalue weighted by Gasteiger charge is 2.07. The highest BCUT2D eigenvalue weighted by atomic mass is 16.6. The van der Waals surface area contributed by atoms with E-state index in [2.05, 4.69) is 5.16 Å². The number of hydrogen-bond donors (Lipinski definition) is 1. The SMILES string of the molecule is O=C(O)Cc1cccc(OCCON=C(c2ccccc2)c2ccccc2)c1. The molecule has 3 aromatic carbocycles. The first-order valence-electron chi connectivity index (χ1n) is 8.97. The average molecular weight is 375 g/mol. The molecule has 0 fully saturated rings. The zero-order valence-electron chi connectivity index (χ0n) is 15.3. The lowest BCUT2D eigenvalue weighted by Gasteiger charge is -2.09. The van der Waals surface area contributed by atoms with Gasteiger partial charge in [-0.2, -0.15) is 0 Å². The Morgan fingerprint density at radius 2 is 1.46 bits per heavy atom. The molecule has 3 rings (SSSR count). The van der Waals surface area contributed by atoms with Gasteiger partial charge in [0.15, 0.2) is 6.61 Å². The van der Waals surface area contributed by atoms with Gasteiger partial charge in [-0.1, -0.05) is 78.0 Å². The Bertz CT molecular complexity index is 882. The molecular weight excluding hydrogens is 354 g/mol. The van der Waals surface area contributed by atoms with Crippen molar-refractivity contribution in [2.75, 3.05) is 13.2 Å². The molecule has 0 amide bonds. The second-order valence-corrected chi connectivity index (χ2v) is 6.07. The van der Waals surface area contributed by atoms with E-state index in [9.17, 15) is 4.79 Å². The quantitative estimate of drug-likeness (QED) is 0.346. The summed E-state index contributed by atoms with van der Waals surface area (Å²) in [7, 11) is 0. The fourth-order valence-corrected chi connectivity index (χ4v) is 2.69. The Hall–Kier alpha value is -3.60. The van der Waals surface area contributed by atoms with Crippen LogP contribution in [0.3, 0.4) is 0 Å².